The molecule has 3 heteroatoms. The van der Waals surface area contributed by atoms with E-state index in [1.54, 1.807) is 11.3 Å². The van der Waals surface area contributed by atoms with Gasteiger partial charge in [0, 0.05) is 15.3 Å². The van der Waals surface area contributed by atoms with Crippen LogP contribution in [0, 0.1) is 12.8 Å². The molecule has 1 saturated carbocycles. The molecule has 1 nitrogen and oxygen atoms in total. The van der Waals surface area contributed by atoms with Crippen LogP contribution in [-0.4, -0.2) is 5.78 Å². The second kappa shape index (κ2) is 3.54. The molecular formula is C10H11BrOS. The summed E-state index contributed by atoms with van der Waals surface area (Å²) in [5, 5.41) is 0. The molecule has 1 aromatic heterocycles. The zero-order chi connectivity index (χ0) is 9.42. The van der Waals surface area contributed by atoms with Crippen molar-refractivity contribution >= 4 is 33.0 Å². The summed E-state index contributed by atoms with van der Waals surface area (Å²) in [6.07, 6.45) is 3.41. The average molecular weight is 259 g/mol. The van der Waals surface area contributed by atoms with Gasteiger partial charge in [-0.05, 0) is 41.8 Å². The molecule has 0 atom stereocenters. The third kappa shape index (κ3) is 1.72. The lowest BCUT2D eigenvalue weighted by atomic mass is 9.82. The summed E-state index contributed by atoms with van der Waals surface area (Å²) < 4.78 is 1.07. The summed E-state index contributed by atoms with van der Waals surface area (Å²) in [5.74, 6) is 0.676. The van der Waals surface area contributed by atoms with E-state index in [1.807, 2.05) is 13.0 Å². The molecule has 70 valence electrons. The van der Waals surface area contributed by atoms with E-state index in [4.69, 9.17) is 0 Å². The van der Waals surface area contributed by atoms with Gasteiger partial charge >= 0.3 is 0 Å². The monoisotopic (exact) mass is 258 g/mol. The van der Waals surface area contributed by atoms with Crippen LogP contribution in [0.5, 0.6) is 0 Å². The van der Waals surface area contributed by atoms with Gasteiger partial charge in [0.2, 0.25) is 0 Å². The Kier molecular flexibility index (Phi) is 2.56. The van der Waals surface area contributed by atoms with Gasteiger partial charge in [-0.2, -0.15) is 0 Å². The third-order valence-corrected chi connectivity index (χ3v) is 4.73. The number of carbonyl (C=O) groups excluding carboxylic acids is 1. The molecule has 1 heterocycles. The molecule has 13 heavy (non-hydrogen) atoms. The molecule has 1 aliphatic carbocycles. The lowest BCUT2D eigenvalue weighted by Gasteiger charge is -2.22. The minimum Gasteiger partial charge on any atom is -0.293 e. The van der Waals surface area contributed by atoms with E-state index in [2.05, 4.69) is 15.9 Å². The van der Waals surface area contributed by atoms with E-state index < -0.39 is 0 Å². The number of Topliss-reactive ketones (excluding diaryl/α,β-unsaturated/α-hetero) is 1. The lowest BCUT2D eigenvalue weighted by molar-refractivity contribution is 0.0859. The predicted molar refractivity (Wildman–Crippen MR) is 58.4 cm³/mol. The van der Waals surface area contributed by atoms with Gasteiger partial charge < -0.3 is 0 Å². The highest BCUT2D eigenvalue weighted by molar-refractivity contribution is 9.10. The van der Waals surface area contributed by atoms with Crippen LogP contribution in [-0.2, 0) is 0 Å². The summed E-state index contributed by atoms with van der Waals surface area (Å²) in [6, 6.07) is 1.96. The number of carbonyl (C=O) groups is 1. The van der Waals surface area contributed by atoms with Crippen LogP contribution in [0.15, 0.2) is 10.5 Å². The second-order valence-corrected chi connectivity index (χ2v) is 5.62. The number of ketones is 1. The van der Waals surface area contributed by atoms with Crippen molar-refractivity contribution in [1.29, 1.82) is 0 Å². The normalized spacial score (nSPS) is 17.1. The SMILES string of the molecule is Cc1sc(C(=O)C2CCC2)cc1Br. The van der Waals surface area contributed by atoms with E-state index in [9.17, 15) is 4.79 Å². The molecule has 0 saturated heterocycles. The molecule has 0 aliphatic heterocycles. The Morgan fingerprint density at radius 2 is 2.31 bits per heavy atom. The van der Waals surface area contributed by atoms with Gasteiger partial charge in [-0.25, -0.2) is 0 Å². The Morgan fingerprint density at radius 3 is 2.69 bits per heavy atom. The summed E-state index contributed by atoms with van der Waals surface area (Å²) in [6.45, 7) is 2.03. The number of aryl methyl sites for hydroxylation is 1. The van der Waals surface area contributed by atoms with Crippen LogP contribution in [0.25, 0.3) is 0 Å². The standard InChI is InChI=1S/C10H11BrOS/c1-6-8(11)5-9(13-6)10(12)7-3-2-4-7/h5,7H,2-4H2,1H3. The predicted octanol–water partition coefficient (Wildman–Crippen LogP) is 3.80. The van der Waals surface area contributed by atoms with Gasteiger partial charge in [-0.15, -0.1) is 11.3 Å². The average Bonchev–Trinajstić information content (AvgIpc) is 2.28. The molecular weight excluding hydrogens is 248 g/mol. The van der Waals surface area contributed by atoms with Gasteiger partial charge in [0.05, 0.1) is 4.88 Å². The fourth-order valence-electron chi connectivity index (χ4n) is 1.45. The van der Waals surface area contributed by atoms with Crippen LogP contribution in [0.2, 0.25) is 0 Å². The second-order valence-electron chi connectivity index (χ2n) is 3.51. The maximum atomic E-state index is 11.8. The van der Waals surface area contributed by atoms with E-state index >= 15 is 0 Å². The number of rotatable bonds is 2. The maximum absolute atomic E-state index is 11.8. The smallest absolute Gasteiger partial charge is 0.175 e. The molecule has 1 aromatic rings. The highest BCUT2D eigenvalue weighted by Gasteiger charge is 2.27. The summed E-state index contributed by atoms with van der Waals surface area (Å²) in [5.41, 5.74) is 0. The molecule has 0 radical (unpaired) electrons. The van der Waals surface area contributed by atoms with Crippen molar-refractivity contribution in [3.63, 3.8) is 0 Å². The summed E-state index contributed by atoms with van der Waals surface area (Å²) in [4.78, 5) is 13.9. The number of halogens is 1. The Labute approximate surface area is 90.3 Å². The molecule has 0 bridgehead atoms. The van der Waals surface area contributed by atoms with Gasteiger partial charge in [0.15, 0.2) is 5.78 Å². The van der Waals surface area contributed by atoms with Crippen molar-refractivity contribution < 1.29 is 4.79 Å². The number of thiophene rings is 1. The van der Waals surface area contributed by atoms with Crippen LogP contribution in [0.1, 0.15) is 33.8 Å². The highest BCUT2D eigenvalue weighted by atomic mass is 79.9. The number of hydrogen-bond acceptors (Lipinski definition) is 2. The van der Waals surface area contributed by atoms with E-state index in [0.29, 0.717) is 11.7 Å². The van der Waals surface area contributed by atoms with Crippen LogP contribution >= 0.6 is 27.3 Å². The first-order chi connectivity index (χ1) is 6.18. The first-order valence-corrected chi connectivity index (χ1v) is 6.09. The maximum Gasteiger partial charge on any atom is 0.175 e. The molecule has 0 N–H and O–H groups in total. The fraction of sp³-hybridized carbons (Fsp3) is 0.500. The van der Waals surface area contributed by atoms with Gasteiger partial charge in [0.1, 0.15) is 0 Å². The zero-order valence-electron chi connectivity index (χ0n) is 7.47. The van der Waals surface area contributed by atoms with E-state index in [1.165, 1.54) is 11.3 Å². The van der Waals surface area contributed by atoms with Crippen molar-refractivity contribution in [2.75, 3.05) is 0 Å². The molecule has 0 spiro atoms. The van der Waals surface area contributed by atoms with Gasteiger partial charge in [-0.1, -0.05) is 6.42 Å². The molecule has 1 aliphatic rings. The Bertz CT molecular complexity index is 319. The quantitative estimate of drug-likeness (QED) is 0.738. The Hall–Kier alpha value is -0.150. The molecule has 2 rings (SSSR count). The minimum atomic E-state index is 0.324. The van der Waals surface area contributed by atoms with Crippen LogP contribution in [0.3, 0.4) is 0 Å². The largest absolute Gasteiger partial charge is 0.293 e. The highest BCUT2D eigenvalue weighted by Crippen LogP contribution is 2.34. The number of hydrogen-bond donors (Lipinski definition) is 0. The lowest BCUT2D eigenvalue weighted by Crippen LogP contribution is -2.20. The van der Waals surface area contributed by atoms with Crippen LogP contribution in [0.4, 0.5) is 0 Å². The van der Waals surface area contributed by atoms with Crippen molar-refractivity contribution in [1.82, 2.24) is 0 Å². The Morgan fingerprint density at radius 1 is 1.62 bits per heavy atom. The van der Waals surface area contributed by atoms with E-state index in [-0.39, 0.29) is 0 Å². The van der Waals surface area contributed by atoms with Crippen molar-refractivity contribution in [2.24, 2.45) is 5.92 Å². The molecule has 1 fully saturated rings. The summed E-state index contributed by atoms with van der Waals surface area (Å²) >= 11 is 5.04. The van der Waals surface area contributed by atoms with Crippen molar-refractivity contribution in [2.45, 2.75) is 26.2 Å². The van der Waals surface area contributed by atoms with Crippen molar-refractivity contribution in [3.8, 4) is 0 Å². The van der Waals surface area contributed by atoms with Crippen molar-refractivity contribution in [3.05, 3.63) is 20.3 Å². The first-order valence-electron chi connectivity index (χ1n) is 4.48. The van der Waals surface area contributed by atoms with Gasteiger partial charge in [-0.3, -0.25) is 4.79 Å². The minimum absolute atomic E-state index is 0.324. The van der Waals surface area contributed by atoms with Gasteiger partial charge in [0.25, 0.3) is 0 Å². The molecule has 0 aromatic carbocycles. The first kappa shape index (κ1) is 9.41. The fourth-order valence-corrected chi connectivity index (χ4v) is 3.01. The van der Waals surface area contributed by atoms with Crippen LogP contribution < -0.4 is 0 Å². The zero-order valence-corrected chi connectivity index (χ0v) is 9.87. The third-order valence-electron chi connectivity index (χ3n) is 2.58. The topological polar surface area (TPSA) is 17.1 Å². The summed E-state index contributed by atoms with van der Waals surface area (Å²) in [7, 11) is 0. The van der Waals surface area contributed by atoms with E-state index in [0.717, 1.165) is 22.2 Å². The molecule has 0 unspecified atom stereocenters. The Balaban J connectivity index is 2.19. The molecule has 0 amide bonds.